The average molecular weight is 684 g/mol. The van der Waals surface area contributed by atoms with E-state index in [2.05, 4.69) is 16.0 Å². The van der Waals surface area contributed by atoms with Crippen LogP contribution in [0.3, 0.4) is 0 Å². The Balaban J connectivity index is 1.53. The molecule has 0 spiro atoms. The van der Waals surface area contributed by atoms with Crippen molar-refractivity contribution in [3.05, 3.63) is 118 Å². The minimum atomic E-state index is -4.60. The molecular formula is C34H29ClF3N3O5S. The first-order valence-corrected chi connectivity index (χ1v) is 15.2. The van der Waals surface area contributed by atoms with Gasteiger partial charge >= 0.3 is 6.18 Å². The molecule has 0 aromatic heterocycles. The van der Waals surface area contributed by atoms with E-state index in [1.165, 1.54) is 20.3 Å². The monoisotopic (exact) mass is 683 g/mol. The Morgan fingerprint density at radius 3 is 2.30 bits per heavy atom. The normalized spacial score (nSPS) is 12.1. The fourth-order valence-electron chi connectivity index (χ4n) is 4.19. The molecular weight excluding hydrogens is 655 g/mol. The predicted molar refractivity (Wildman–Crippen MR) is 177 cm³/mol. The number of amides is 3. The molecule has 1 atom stereocenters. The van der Waals surface area contributed by atoms with Gasteiger partial charge in [-0.3, -0.25) is 14.4 Å². The standard InChI is InChI=1S/C34H29ClF3N3O5S/c1-20(31(42)40-28-18-23(34(36,37)38)12-14-27(28)35)47-26-11-7-10-24(19-26)39-33(44)29(41-32(43)21-8-5-4-6-9-21)17-22-16-25(45-2)13-15-30(22)46-3/h4-20H,1-3H3,(H,39,44)(H,40,42)(H,41,43)/b29-17+. The molecule has 3 amide bonds. The van der Waals surface area contributed by atoms with Crippen LogP contribution in [-0.2, 0) is 15.8 Å². The van der Waals surface area contributed by atoms with Crippen LogP contribution in [0.5, 0.6) is 11.5 Å². The van der Waals surface area contributed by atoms with Gasteiger partial charge in [-0.1, -0.05) is 35.9 Å². The van der Waals surface area contributed by atoms with E-state index in [0.717, 1.165) is 30.0 Å². The Hall–Kier alpha value is -4.94. The molecule has 47 heavy (non-hydrogen) atoms. The second kappa shape index (κ2) is 15.6. The topological polar surface area (TPSA) is 106 Å². The largest absolute Gasteiger partial charge is 0.497 e. The number of ether oxygens (including phenoxy) is 2. The third kappa shape index (κ3) is 9.53. The van der Waals surface area contributed by atoms with Crippen LogP contribution in [0.4, 0.5) is 24.5 Å². The number of hydrogen-bond acceptors (Lipinski definition) is 6. The molecule has 3 N–H and O–H groups in total. The molecule has 4 aromatic rings. The summed E-state index contributed by atoms with van der Waals surface area (Å²) in [6, 6.07) is 22.6. The Labute approximate surface area is 278 Å². The van der Waals surface area contributed by atoms with Crippen LogP contribution in [0, 0.1) is 0 Å². The summed E-state index contributed by atoms with van der Waals surface area (Å²) in [6.45, 7) is 1.58. The van der Waals surface area contributed by atoms with Gasteiger partial charge in [-0.05, 0) is 79.7 Å². The number of halogens is 4. The second-order valence-electron chi connectivity index (χ2n) is 9.91. The smallest absolute Gasteiger partial charge is 0.416 e. The van der Waals surface area contributed by atoms with Gasteiger partial charge in [0.25, 0.3) is 11.8 Å². The zero-order valence-corrected chi connectivity index (χ0v) is 26.8. The van der Waals surface area contributed by atoms with Gasteiger partial charge in [0.05, 0.1) is 35.7 Å². The first kappa shape index (κ1) is 34.9. The molecule has 4 rings (SSSR count). The molecule has 0 fully saturated rings. The SMILES string of the molecule is COc1ccc(OC)c(/C=C(/NC(=O)c2ccccc2)C(=O)Nc2cccc(SC(C)C(=O)Nc3cc(C(F)(F)F)ccc3Cl)c2)c1. The van der Waals surface area contributed by atoms with Crippen molar-refractivity contribution >= 4 is 58.5 Å². The first-order chi connectivity index (χ1) is 22.4. The Bertz CT molecular complexity index is 1800. The summed E-state index contributed by atoms with van der Waals surface area (Å²) in [5.41, 5.74) is -0.0416. The van der Waals surface area contributed by atoms with Crippen LogP contribution < -0.4 is 25.4 Å². The van der Waals surface area contributed by atoms with Gasteiger partial charge in [-0.25, -0.2) is 0 Å². The Morgan fingerprint density at radius 2 is 1.62 bits per heavy atom. The van der Waals surface area contributed by atoms with Gasteiger partial charge < -0.3 is 25.4 Å². The number of hydrogen-bond donors (Lipinski definition) is 3. The number of benzene rings is 4. The van der Waals surface area contributed by atoms with Crippen LogP contribution in [0.2, 0.25) is 5.02 Å². The maximum atomic E-state index is 13.6. The number of carbonyl (C=O) groups excluding carboxylic acids is 3. The van der Waals surface area contributed by atoms with Gasteiger partial charge in [0.15, 0.2) is 0 Å². The zero-order valence-electron chi connectivity index (χ0n) is 25.3. The number of nitrogens with one attached hydrogen (secondary N) is 3. The highest BCUT2D eigenvalue weighted by Gasteiger charge is 2.31. The van der Waals surface area contributed by atoms with E-state index in [-0.39, 0.29) is 16.4 Å². The molecule has 1 unspecified atom stereocenters. The van der Waals surface area contributed by atoms with Crippen molar-refractivity contribution in [3.63, 3.8) is 0 Å². The predicted octanol–water partition coefficient (Wildman–Crippen LogP) is 7.90. The quantitative estimate of drug-likeness (QED) is 0.110. The van der Waals surface area contributed by atoms with E-state index in [1.807, 2.05) is 0 Å². The second-order valence-corrected chi connectivity index (χ2v) is 11.7. The summed E-state index contributed by atoms with van der Waals surface area (Å²) in [4.78, 5) is 40.1. The number of rotatable bonds is 11. The number of carbonyl (C=O) groups is 3. The lowest BCUT2D eigenvalue weighted by molar-refractivity contribution is -0.137. The molecule has 244 valence electrons. The molecule has 0 radical (unpaired) electrons. The van der Waals surface area contributed by atoms with Crippen LogP contribution in [0.15, 0.2) is 102 Å². The van der Waals surface area contributed by atoms with Gasteiger partial charge in [0.2, 0.25) is 5.91 Å². The summed E-state index contributed by atoms with van der Waals surface area (Å²) < 4.78 is 50.2. The van der Waals surface area contributed by atoms with E-state index in [9.17, 15) is 27.6 Å². The minimum Gasteiger partial charge on any atom is -0.497 e. The van der Waals surface area contributed by atoms with Crippen LogP contribution in [0.25, 0.3) is 6.08 Å². The van der Waals surface area contributed by atoms with Crippen molar-refractivity contribution in [1.82, 2.24) is 5.32 Å². The Morgan fingerprint density at radius 1 is 0.872 bits per heavy atom. The molecule has 0 aliphatic carbocycles. The lowest BCUT2D eigenvalue weighted by atomic mass is 10.1. The number of methoxy groups -OCH3 is 2. The number of anilines is 2. The first-order valence-electron chi connectivity index (χ1n) is 13.9. The van der Waals surface area contributed by atoms with Crippen molar-refractivity contribution < 1.29 is 37.0 Å². The van der Waals surface area contributed by atoms with E-state index in [4.69, 9.17) is 21.1 Å². The van der Waals surface area contributed by atoms with Crippen LogP contribution >= 0.6 is 23.4 Å². The van der Waals surface area contributed by atoms with Crippen molar-refractivity contribution in [2.45, 2.75) is 23.2 Å². The van der Waals surface area contributed by atoms with Crippen LogP contribution in [0.1, 0.15) is 28.4 Å². The number of alkyl halides is 3. The molecule has 13 heteroatoms. The summed E-state index contributed by atoms with van der Waals surface area (Å²) >= 11 is 7.14. The number of thioether (sulfide) groups is 1. The minimum absolute atomic E-state index is 0.0389. The van der Waals surface area contributed by atoms with Gasteiger partial charge in [-0.2, -0.15) is 13.2 Å². The van der Waals surface area contributed by atoms with Gasteiger partial charge in [-0.15, -0.1) is 11.8 Å². The maximum Gasteiger partial charge on any atom is 0.416 e. The molecule has 8 nitrogen and oxygen atoms in total. The summed E-state index contributed by atoms with van der Waals surface area (Å²) in [6.07, 6.45) is -3.14. The van der Waals surface area contributed by atoms with E-state index in [1.54, 1.807) is 79.7 Å². The lowest BCUT2D eigenvalue weighted by Crippen LogP contribution is -2.30. The summed E-state index contributed by atoms with van der Waals surface area (Å²) in [7, 11) is 2.97. The molecule has 0 bridgehead atoms. The maximum absolute atomic E-state index is 13.6. The van der Waals surface area contributed by atoms with Crippen molar-refractivity contribution in [2.24, 2.45) is 0 Å². The fourth-order valence-corrected chi connectivity index (χ4v) is 5.28. The van der Waals surface area contributed by atoms with E-state index >= 15 is 0 Å². The van der Waals surface area contributed by atoms with Crippen LogP contribution in [-0.4, -0.2) is 37.2 Å². The fraction of sp³-hybridized carbons (Fsp3) is 0.147. The van der Waals surface area contributed by atoms with E-state index < -0.39 is 34.7 Å². The third-order valence-electron chi connectivity index (χ3n) is 6.59. The molecule has 0 aliphatic heterocycles. The molecule has 0 saturated heterocycles. The van der Waals surface area contributed by atoms with Crippen molar-refractivity contribution in [1.29, 1.82) is 0 Å². The molecule has 0 saturated carbocycles. The van der Waals surface area contributed by atoms with Crippen molar-refractivity contribution in [3.8, 4) is 11.5 Å². The van der Waals surface area contributed by atoms with E-state index in [0.29, 0.717) is 33.2 Å². The van der Waals surface area contributed by atoms with Crippen molar-refractivity contribution in [2.75, 3.05) is 24.9 Å². The zero-order chi connectivity index (χ0) is 34.1. The van der Waals surface area contributed by atoms with Gasteiger partial charge in [0, 0.05) is 21.7 Å². The highest BCUT2D eigenvalue weighted by molar-refractivity contribution is 8.00. The molecule has 4 aromatic carbocycles. The summed E-state index contributed by atoms with van der Waals surface area (Å²) in [5, 5.41) is 7.08. The third-order valence-corrected chi connectivity index (χ3v) is 8.01. The lowest BCUT2D eigenvalue weighted by Gasteiger charge is -2.16. The highest BCUT2D eigenvalue weighted by Crippen LogP contribution is 2.35. The average Bonchev–Trinajstić information content (AvgIpc) is 3.05. The van der Waals surface area contributed by atoms with Gasteiger partial charge in [0.1, 0.15) is 17.2 Å². The highest BCUT2D eigenvalue weighted by atomic mass is 35.5. The summed E-state index contributed by atoms with van der Waals surface area (Å²) in [5.74, 6) is -0.802. The molecule has 0 heterocycles. The molecule has 0 aliphatic rings. The Kier molecular flexibility index (Phi) is 11.6.